The molecule has 1 N–H and O–H groups in total. The maximum Gasteiger partial charge on any atom is 0.317 e. The maximum atomic E-state index is 12.8. The van der Waals surface area contributed by atoms with Gasteiger partial charge in [-0.25, -0.2) is 4.79 Å². The number of carbonyl (C=O) groups is 1. The van der Waals surface area contributed by atoms with Crippen molar-refractivity contribution in [3.8, 4) is 0 Å². The van der Waals surface area contributed by atoms with Crippen LogP contribution in [-0.2, 0) is 6.54 Å². The standard InChI is InChI=1S/C22H28ClN3O/c1-2-21(19-9-11-20(23)12-10-19)24-22(27)26-14-6-13-25(15-16-26)17-18-7-4-3-5-8-18/h3-5,7-12,21H,2,6,13-17H2,1H3,(H,24,27). The number of nitrogens with one attached hydrogen (secondary N) is 1. The van der Waals surface area contributed by atoms with E-state index in [2.05, 4.69) is 41.4 Å². The van der Waals surface area contributed by atoms with Crippen LogP contribution in [0.2, 0.25) is 5.02 Å². The summed E-state index contributed by atoms with van der Waals surface area (Å²) in [6.45, 7) is 6.51. The van der Waals surface area contributed by atoms with Gasteiger partial charge in [0.15, 0.2) is 0 Å². The van der Waals surface area contributed by atoms with Crippen molar-refractivity contribution in [1.29, 1.82) is 0 Å². The lowest BCUT2D eigenvalue weighted by atomic mass is 10.1. The van der Waals surface area contributed by atoms with Gasteiger partial charge in [0.05, 0.1) is 6.04 Å². The van der Waals surface area contributed by atoms with Crippen LogP contribution in [0.3, 0.4) is 0 Å². The van der Waals surface area contributed by atoms with E-state index in [1.54, 1.807) is 0 Å². The second-order valence-corrected chi connectivity index (χ2v) is 7.50. The SMILES string of the molecule is CCC(NC(=O)N1CCCN(Cc2ccccc2)CC1)c1ccc(Cl)cc1. The highest BCUT2D eigenvalue weighted by Crippen LogP contribution is 2.20. The minimum Gasteiger partial charge on any atom is -0.331 e. The molecule has 0 aromatic heterocycles. The molecule has 1 atom stereocenters. The summed E-state index contributed by atoms with van der Waals surface area (Å²) in [6.07, 6.45) is 1.85. The molecule has 1 unspecified atom stereocenters. The van der Waals surface area contributed by atoms with E-state index in [0.717, 1.165) is 51.1 Å². The van der Waals surface area contributed by atoms with Gasteiger partial charge in [0.1, 0.15) is 0 Å². The van der Waals surface area contributed by atoms with Crippen LogP contribution >= 0.6 is 11.6 Å². The minimum atomic E-state index is 0.0124. The zero-order valence-corrected chi connectivity index (χ0v) is 16.7. The Morgan fingerprint density at radius 3 is 2.48 bits per heavy atom. The molecular formula is C22H28ClN3O. The predicted molar refractivity (Wildman–Crippen MR) is 111 cm³/mol. The normalized spacial score (nSPS) is 16.6. The van der Waals surface area contributed by atoms with Crippen LogP contribution in [0.25, 0.3) is 0 Å². The number of amides is 2. The zero-order valence-electron chi connectivity index (χ0n) is 15.9. The molecule has 5 heteroatoms. The summed E-state index contributed by atoms with van der Waals surface area (Å²) in [5, 5.41) is 3.90. The molecule has 1 saturated heterocycles. The molecule has 2 aromatic rings. The van der Waals surface area contributed by atoms with E-state index in [-0.39, 0.29) is 12.1 Å². The van der Waals surface area contributed by atoms with E-state index in [1.165, 1.54) is 5.56 Å². The first kappa shape index (κ1) is 19.7. The van der Waals surface area contributed by atoms with Crippen molar-refractivity contribution < 1.29 is 4.79 Å². The fourth-order valence-corrected chi connectivity index (χ4v) is 3.66. The molecular weight excluding hydrogens is 358 g/mol. The summed E-state index contributed by atoms with van der Waals surface area (Å²) in [6, 6.07) is 18.3. The van der Waals surface area contributed by atoms with Crippen LogP contribution in [0.15, 0.2) is 54.6 Å². The van der Waals surface area contributed by atoms with Crippen molar-refractivity contribution >= 4 is 17.6 Å². The maximum absolute atomic E-state index is 12.8. The Labute approximate surface area is 167 Å². The van der Waals surface area contributed by atoms with E-state index < -0.39 is 0 Å². The van der Waals surface area contributed by atoms with Crippen LogP contribution in [0.4, 0.5) is 4.79 Å². The lowest BCUT2D eigenvalue weighted by molar-refractivity contribution is 0.193. The second kappa shape index (κ2) is 9.77. The second-order valence-electron chi connectivity index (χ2n) is 7.06. The van der Waals surface area contributed by atoms with Gasteiger partial charge in [0.2, 0.25) is 0 Å². The third-order valence-corrected chi connectivity index (χ3v) is 5.36. The Balaban J connectivity index is 1.54. The van der Waals surface area contributed by atoms with Crippen LogP contribution in [0, 0.1) is 0 Å². The molecule has 2 aromatic carbocycles. The Bertz CT molecular complexity index is 720. The van der Waals surface area contributed by atoms with Crippen molar-refractivity contribution in [2.75, 3.05) is 26.2 Å². The van der Waals surface area contributed by atoms with Gasteiger partial charge in [0.25, 0.3) is 0 Å². The van der Waals surface area contributed by atoms with Crippen molar-refractivity contribution in [3.05, 3.63) is 70.7 Å². The van der Waals surface area contributed by atoms with Crippen LogP contribution in [0.1, 0.15) is 36.9 Å². The molecule has 1 aliphatic rings. The molecule has 0 radical (unpaired) electrons. The molecule has 0 bridgehead atoms. The summed E-state index contributed by atoms with van der Waals surface area (Å²) < 4.78 is 0. The number of nitrogens with zero attached hydrogens (tertiary/aromatic N) is 2. The van der Waals surface area contributed by atoms with Crippen LogP contribution < -0.4 is 5.32 Å². The first-order chi connectivity index (χ1) is 13.2. The molecule has 1 fully saturated rings. The Morgan fingerprint density at radius 2 is 1.78 bits per heavy atom. The third-order valence-electron chi connectivity index (χ3n) is 5.10. The van der Waals surface area contributed by atoms with E-state index in [4.69, 9.17) is 11.6 Å². The Hall–Kier alpha value is -2.04. The fourth-order valence-electron chi connectivity index (χ4n) is 3.53. The number of urea groups is 1. The zero-order chi connectivity index (χ0) is 19.1. The molecule has 4 nitrogen and oxygen atoms in total. The molecule has 2 amide bonds. The van der Waals surface area contributed by atoms with Gasteiger partial charge in [-0.15, -0.1) is 0 Å². The summed E-state index contributed by atoms with van der Waals surface area (Å²) >= 11 is 5.98. The number of benzene rings is 2. The number of hydrogen-bond acceptors (Lipinski definition) is 2. The van der Waals surface area contributed by atoms with Crippen LogP contribution in [-0.4, -0.2) is 42.0 Å². The Morgan fingerprint density at radius 1 is 1.04 bits per heavy atom. The third kappa shape index (κ3) is 5.72. The van der Waals surface area contributed by atoms with E-state index in [0.29, 0.717) is 5.02 Å². The van der Waals surface area contributed by atoms with Gasteiger partial charge in [0, 0.05) is 37.7 Å². The van der Waals surface area contributed by atoms with Gasteiger partial charge in [-0.1, -0.05) is 61.0 Å². The lowest BCUT2D eigenvalue weighted by Gasteiger charge is -2.25. The van der Waals surface area contributed by atoms with Crippen molar-refractivity contribution in [3.63, 3.8) is 0 Å². The first-order valence-electron chi connectivity index (χ1n) is 9.73. The molecule has 1 aliphatic heterocycles. The van der Waals surface area contributed by atoms with Gasteiger partial charge in [-0.05, 0) is 36.1 Å². The van der Waals surface area contributed by atoms with Crippen molar-refractivity contribution in [2.45, 2.75) is 32.4 Å². The summed E-state index contributed by atoms with van der Waals surface area (Å²) in [5.74, 6) is 0. The Kier molecular flexibility index (Phi) is 7.13. The molecule has 3 rings (SSSR count). The summed E-state index contributed by atoms with van der Waals surface area (Å²) in [7, 11) is 0. The van der Waals surface area contributed by atoms with Gasteiger partial charge in [-0.3, -0.25) is 4.90 Å². The van der Waals surface area contributed by atoms with Gasteiger partial charge >= 0.3 is 6.03 Å². The van der Waals surface area contributed by atoms with E-state index in [9.17, 15) is 4.79 Å². The number of hydrogen-bond donors (Lipinski definition) is 1. The van der Waals surface area contributed by atoms with E-state index >= 15 is 0 Å². The highest BCUT2D eigenvalue weighted by Gasteiger charge is 2.21. The quantitative estimate of drug-likeness (QED) is 0.809. The van der Waals surface area contributed by atoms with Crippen molar-refractivity contribution in [2.24, 2.45) is 0 Å². The molecule has 0 saturated carbocycles. The molecule has 27 heavy (non-hydrogen) atoms. The summed E-state index contributed by atoms with van der Waals surface area (Å²) in [5.41, 5.74) is 2.42. The van der Waals surface area contributed by atoms with Crippen molar-refractivity contribution in [1.82, 2.24) is 15.1 Å². The molecule has 0 aliphatic carbocycles. The largest absolute Gasteiger partial charge is 0.331 e. The predicted octanol–water partition coefficient (Wildman–Crippen LogP) is 4.71. The topological polar surface area (TPSA) is 35.6 Å². The highest BCUT2D eigenvalue weighted by atomic mass is 35.5. The van der Waals surface area contributed by atoms with Crippen LogP contribution in [0.5, 0.6) is 0 Å². The smallest absolute Gasteiger partial charge is 0.317 e. The lowest BCUT2D eigenvalue weighted by Crippen LogP contribution is -2.43. The average Bonchev–Trinajstić information content (AvgIpc) is 2.93. The number of halogens is 1. The monoisotopic (exact) mass is 385 g/mol. The highest BCUT2D eigenvalue weighted by molar-refractivity contribution is 6.30. The van der Waals surface area contributed by atoms with E-state index in [1.807, 2.05) is 35.2 Å². The molecule has 1 heterocycles. The molecule has 0 spiro atoms. The average molecular weight is 386 g/mol. The van der Waals surface area contributed by atoms with Gasteiger partial charge < -0.3 is 10.2 Å². The summed E-state index contributed by atoms with van der Waals surface area (Å²) in [4.78, 5) is 17.2. The number of rotatable bonds is 5. The number of carbonyl (C=O) groups excluding carboxylic acids is 1. The minimum absolute atomic E-state index is 0.0124. The fraction of sp³-hybridized carbons (Fsp3) is 0.409. The molecule has 144 valence electrons. The van der Waals surface area contributed by atoms with Gasteiger partial charge in [-0.2, -0.15) is 0 Å². The first-order valence-corrected chi connectivity index (χ1v) is 10.1.